The lowest BCUT2D eigenvalue weighted by Crippen LogP contribution is -2.56. The number of piperazine rings is 1. The van der Waals surface area contributed by atoms with Crippen molar-refractivity contribution in [1.82, 2.24) is 29.8 Å². The minimum atomic E-state index is -0.250. The van der Waals surface area contributed by atoms with Gasteiger partial charge in [-0.25, -0.2) is 0 Å². The van der Waals surface area contributed by atoms with Gasteiger partial charge in [0.1, 0.15) is 5.69 Å². The van der Waals surface area contributed by atoms with Gasteiger partial charge in [0.2, 0.25) is 0 Å². The molecule has 0 radical (unpaired) electrons. The van der Waals surface area contributed by atoms with Crippen LogP contribution in [0.15, 0.2) is 18.2 Å². The van der Waals surface area contributed by atoms with Gasteiger partial charge in [-0.1, -0.05) is 6.07 Å². The van der Waals surface area contributed by atoms with Gasteiger partial charge in [0.15, 0.2) is 5.65 Å². The van der Waals surface area contributed by atoms with Crippen molar-refractivity contribution in [2.24, 2.45) is 0 Å². The Hall–Kier alpha value is -2.55. The van der Waals surface area contributed by atoms with E-state index in [9.17, 15) is 4.79 Å². The van der Waals surface area contributed by atoms with Crippen LogP contribution in [0, 0.1) is 0 Å². The Morgan fingerprint density at radius 3 is 2.96 bits per heavy atom. The number of pyridine rings is 1. The molecule has 4 rings (SSSR count). The van der Waals surface area contributed by atoms with Crippen molar-refractivity contribution in [2.75, 3.05) is 19.6 Å². The van der Waals surface area contributed by atoms with Crippen LogP contribution in [0.4, 0.5) is 0 Å². The van der Waals surface area contributed by atoms with E-state index in [1.807, 2.05) is 11.0 Å². The van der Waals surface area contributed by atoms with Crippen molar-refractivity contribution >= 4 is 18.0 Å². The number of aromatic nitrogens is 4. The first-order valence-corrected chi connectivity index (χ1v) is 7.95. The fraction of sp³-hybridized carbons (Fsp3) is 0.533. The molecule has 2 saturated heterocycles. The summed E-state index contributed by atoms with van der Waals surface area (Å²) in [4.78, 5) is 25.7. The first-order valence-electron chi connectivity index (χ1n) is 7.95. The van der Waals surface area contributed by atoms with Gasteiger partial charge < -0.3 is 10.0 Å². The van der Waals surface area contributed by atoms with E-state index < -0.39 is 0 Å². The zero-order valence-electron chi connectivity index (χ0n) is 13.4. The molecule has 0 saturated carbocycles. The maximum absolute atomic E-state index is 12.9. The molecule has 0 bridgehead atoms. The SMILES string of the molecule is C[C@@H]1CN2CCC[C@@H]2CN1C(=O)c1cccc2nnnn12.O=CO. The van der Waals surface area contributed by atoms with Gasteiger partial charge in [0, 0.05) is 25.2 Å². The summed E-state index contributed by atoms with van der Waals surface area (Å²) in [7, 11) is 0. The summed E-state index contributed by atoms with van der Waals surface area (Å²) in [6.07, 6.45) is 2.42. The van der Waals surface area contributed by atoms with E-state index in [4.69, 9.17) is 9.90 Å². The summed E-state index contributed by atoms with van der Waals surface area (Å²) in [6, 6.07) is 6.15. The summed E-state index contributed by atoms with van der Waals surface area (Å²) in [5.41, 5.74) is 1.14. The predicted molar refractivity (Wildman–Crippen MR) is 84.6 cm³/mol. The maximum Gasteiger partial charge on any atom is 0.290 e. The molecule has 24 heavy (non-hydrogen) atoms. The maximum atomic E-state index is 12.9. The summed E-state index contributed by atoms with van der Waals surface area (Å²) in [5.74, 6) is 0.0203. The number of hydrogen-bond acceptors (Lipinski definition) is 6. The molecule has 2 aliphatic heterocycles. The Bertz CT molecular complexity index is 733. The normalized spacial score (nSPS) is 23.5. The van der Waals surface area contributed by atoms with Gasteiger partial charge in [0.25, 0.3) is 12.4 Å². The molecule has 0 aliphatic carbocycles. The lowest BCUT2D eigenvalue weighted by molar-refractivity contribution is -0.122. The van der Waals surface area contributed by atoms with E-state index in [1.165, 1.54) is 23.9 Å². The molecule has 0 spiro atoms. The highest BCUT2D eigenvalue weighted by Gasteiger charge is 2.37. The number of amides is 1. The lowest BCUT2D eigenvalue weighted by atomic mass is 10.1. The van der Waals surface area contributed by atoms with Crippen LogP contribution < -0.4 is 0 Å². The van der Waals surface area contributed by atoms with Crippen molar-refractivity contribution < 1.29 is 14.7 Å². The number of fused-ring (bicyclic) bond motifs is 2. The molecule has 0 unspecified atom stereocenters. The van der Waals surface area contributed by atoms with Crippen molar-refractivity contribution in [3.05, 3.63) is 23.9 Å². The zero-order chi connectivity index (χ0) is 17.1. The number of tetrazole rings is 1. The summed E-state index contributed by atoms with van der Waals surface area (Å²) in [6.45, 7) is 4.80. The molecule has 2 aromatic rings. The number of nitrogens with zero attached hydrogens (tertiary/aromatic N) is 6. The largest absolute Gasteiger partial charge is 0.483 e. The fourth-order valence-corrected chi connectivity index (χ4v) is 3.54. The summed E-state index contributed by atoms with van der Waals surface area (Å²) >= 11 is 0. The first-order chi connectivity index (χ1) is 11.7. The molecule has 2 fully saturated rings. The van der Waals surface area contributed by atoms with Crippen LogP contribution in [-0.2, 0) is 4.79 Å². The van der Waals surface area contributed by atoms with Crippen molar-refractivity contribution in [3.63, 3.8) is 0 Å². The zero-order valence-corrected chi connectivity index (χ0v) is 13.4. The molecular formula is C15H20N6O3. The van der Waals surface area contributed by atoms with Crippen molar-refractivity contribution in [3.8, 4) is 0 Å². The Balaban J connectivity index is 0.000000526. The Labute approximate surface area is 138 Å². The van der Waals surface area contributed by atoms with Crippen molar-refractivity contribution in [2.45, 2.75) is 31.8 Å². The van der Waals surface area contributed by atoms with Crippen LogP contribution in [0.25, 0.3) is 5.65 Å². The Kier molecular flexibility index (Phi) is 4.70. The topological polar surface area (TPSA) is 104 Å². The Morgan fingerprint density at radius 1 is 1.38 bits per heavy atom. The van der Waals surface area contributed by atoms with Crippen LogP contribution in [-0.4, -0.2) is 79.0 Å². The second kappa shape index (κ2) is 6.91. The summed E-state index contributed by atoms with van der Waals surface area (Å²) in [5, 5.41) is 18.4. The molecule has 128 valence electrons. The standard InChI is InChI=1S/C14H18N6O.CH2O2/c1-10-8-18-7-3-4-11(18)9-19(10)14(21)12-5-2-6-13-15-16-17-20(12)13;2-1-3/h2,5-6,10-11H,3-4,7-9H2,1H3;1H,(H,2,3)/t10-,11-;/m1./s1. The molecule has 9 nitrogen and oxygen atoms in total. The third-order valence-corrected chi connectivity index (χ3v) is 4.64. The lowest BCUT2D eigenvalue weighted by Gasteiger charge is -2.42. The molecule has 2 aromatic heterocycles. The van der Waals surface area contributed by atoms with E-state index in [0.717, 1.165) is 13.1 Å². The van der Waals surface area contributed by atoms with Crippen LogP contribution in [0.3, 0.4) is 0 Å². The first kappa shape index (κ1) is 16.3. The number of hydrogen-bond donors (Lipinski definition) is 1. The quantitative estimate of drug-likeness (QED) is 0.740. The highest BCUT2D eigenvalue weighted by atomic mass is 16.3. The average Bonchev–Trinajstić information content (AvgIpc) is 3.22. The van der Waals surface area contributed by atoms with Gasteiger partial charge in [-0.3, -0.25) is 14.5 Å². The van der Waals surface area contributed by atoms with Crippen LogP contribution in [0.1, 0.15) is 30.3 Å². The number of carboxylic acid groups (broad SMARTS) is 1. The second-order valence-corrected chi connectivity index (χ2v) is 6.06. The Morgan fingerprint density at radius 2 is 2.17 bits per heavy atom. The number of rotatable bonds is 1. The van der Waals surface area contributed by atoms with Gasteiger partial charge >= 0.3 is 0 Å². The van der Waals surface area contributed by atoms with Gasteiger partial charge in [-0.05, 0) is 48.9 Å². The van der Waals surface area contributed by atoms with E-state index in [1.54, 1.807) is 12.1 Å². The van der Waals surface area contributed by atoms with E-state index in [-0.39, 0.29) is 18.4 Å². The van der Waals surface area contributed by atoms with E-state index >= 15 is 0 Å². The van der Waals surface area contributed by atoms with E-state index in [2.05, 4.69) is 27.3 Å². The predicted octanol–water partition coefficient (Wildman–Crippen LogP) is 0.134. The van der Waals surface area contributed by atoms with Gasteiger partial charge in [0.05, 0.1) is 0 Å². The van der Waals surface area contributed by atoms with Gasteiger partial charge in [-0.15, -0.1) is 5.10 Å². The fourth-order valence-electron chi connectivity index (χ4n) is 3.54. The summed E-state index contributed by atoms with van der Waals surface area (Å²) < 4.78 is 1.52. The van der Waals surface area contributed by atoms with E-state index in [0.29, 0.717) is 17.4 Å². The molecular weight excluding hydrogens is 312 g/mol. The highest BCUT2D eigenvalue weighted by molar-refractivity contribution is 5.93. The third kappa shape index (κ3) is 2.94. The smallest absolute Gasteiger partial charge is 0.290 e. The van der Waals surface area contributed by atoms with Crippen LogP contribution in [0.5, 0.6) is 0 Å². The number of carbonyl (C=O) groups excluding carboxylic acids is 1. The molecule has 1 N–H and O–H groups in total. The minimum Gasteiger partial charge on any atom is -0.483 e. The molecule has 4 heterocycles. The molecule has 1 amide bonds. The second-order valence-electron chi connectivity index (χ2n) is 6.06. The molecule has 2 aliphatic rings. The van der Waals surface area contributed by atoms with Crippen LogP contribution >= 0.6 is 0 Å². The molecule has 0 aromatic carbocycles. The van der Waals surface area contributed by atoms with Gasteiger partial charge in [-0.2, -0.15) is 4.52 Å². The monoisotopic (exact) mass is 332 g/mol. The minimum absolute atomic E-state index is 0.0203. The highest BCUT2D eigenvalue weighted by Crippen LogP contribution is 2.25. The molecule has 9 heteroatoms. The number of carbonyl (C=O) groups is 2. The average molecular weight is 332 g/mol. The third-order valence-electron chi connectivity index (χ3n) is 4.64. The van der Waals surface area contributed by atoms with Crippen LogP contribution in [0.2, 0.25) is 0 Å². The van der Waals surface area contributed by atoms with Crippen molar-refractivity contribution in [1.29, 1.82) is 0 Å². The molecule has 2 atom stereocenters.